The number of hydrogen-bond acceptors (Lipinski definition) is 7. The molecule has 3 atom stereocenters. The third kappa shape index (κ3) is 9.17. The van der Waals surface area contributed by atoms with Gasteiger partial charge in [0, 0.05) is 64.4 Å². The van der Waals surface area contributed by atoms with Gasteiger partial charge in [0.1, 0.15) is 0 Å². The van der Waals surface area contributed by atoms with Gasteiger partial charge in [-0.15, -0.1) is 0 Å². The molecule has 1 aromatic heterocycles. The normalized spacial score (nSPS) is 23.4. The van der Waals surface area contributed by atoms with E-state index in [9.17, 15) is 14.0 Å². The zero-order valence-electron chi connectivity index (χ0n) is 26.5. The number of rotatable bonds is 10. The first-order chi connectivity index (χ1) is 21.7. The molecule has 1 aromatic rings. The maximum absolute atomic E-state index is 14.0. The van der Waals surface area contributed by atoms with E-state index in [-0.39, 0.29) is 40.4 Å². The van der Waals surface area contributed by atoms with Gasteiger partial charge in [0.25, 0.3) is 0 Å². The average Bonchev–Trinajstić information content (AvgIpc) is 3.37. The van der Waals surface area contributed by atoms with Crippen LogP contribution in [0.4, 0.5) is 10.2 Å². The number of nitrogens with one attached hydrogen (secondary N) is 2. The van der Waals surface area contributed by atoms with Crippen molar-refractivity contribution in [2.24, 2.45) is 22.7 Å². The number of allylic oxidation sites excluding steroid dienone is 6. The lowest BCUT2D eigenvalue weighted by atomic mass is 9.95. The summed E-state index contributed by atoms with van der Waals surface area (Å²) < 4.78 is 21.1. The highest BCUT2D eigenvalue weighted by Gasteiger charge is 2.31. The van der Waals surface area contributed by atoms with Gasteiger partial charge in [-0.2, -0.15) is 0 Å². The smallest absolute Gasteiger partial charge is 0.229 e. The number of methoxy groups -OCH3 is 1. The molecule has 0 radical (unpaired) electrons. The molecule has 0 aromatic carbocycles. The molecule has 0 spiro atoms. The second-order valence-electron chi connectivity index (χ2n) is 11.6. The van der Waals surface area contributed by atoms with Crippen LogP contribution >= 0.6 is 11.6 Å². The number of halogens is 2. The largest absolute Gasteiger partial charge is 0.494 e. The van der Waals surface area contributed by atoms with Crippen LogP contribution < -0.4 is 16.1 Å². The Balaban J connectivity index is 1.38. The summed E-state index contributed by atoms with van der Waals surface area (Å²) in [4.78, 5) is 39.4. The fourth-order valence-electron chi connectivity index (χ4n) is 5.97. The van der Waals surface area contributed by atoms with Gasteiger partial charge in [0.2, 0.25) is 11.8 Å². The van der Waals surface area contributed by atoms with Crippen molar-refractivity contribution in [1.29, 1.82) is 0 Å². The number of anilines is 1. The number of carbonyl (C=O) groups is 2. The predicted molar refractivity (Wildman–Crippen MR) is 174 cm³/mol. The molecule has 2 saturated heterocycles. The van der Waals surface area contributed by atoms with E-state index < -0.39 is 5.83 Å². The maximum atomic E-state index is 14.0. The molecule has 10 nitrogen and oxygen atoms in total. The summed E-state index contributed by atoms with van der Waals surface area (Å²) in [5, 5.41) is 6.46. The van der Waals surface area contributed by atoms with Gasteiger partial charge in [-0.1, -0.05) is 43.3 Å². The van der Waals surface area contributed by atoms with E-state index in [1.54, 1.807) is 19.3 Å². The molecule has 2 N–H and O–H groups in total. The van der Waals surface area contributed by atoms with Crippen LogP contribution in [0.15, 0.2) is 76.7 Å². The molecular formula is C33H45ClFN7O3. The van der Waals surface area contributed by atoms with Gasteiger partial charge in [-0.3, -0.25) is 14.6 Å². The number of amides is 2. The first kappa shape index (κ1) is 34.2. The molecule has 12 heteroatoms. The molecule has 0 bridgehead atoms. The van der Waals surface area contributed by atoms with E-state index in [1.165, 1.54) is 13.2 Å². The molecule has 3 heterocycles. The topological polar surface area (TPSA) is 104 Å². The summed E-state index contributed by atoms with van der Waals surface area (Å²) in [5.74, 6) is 0.179. The Morgan fingerprint density at radius 3 is 2.69 bits per heavy atom. The molecule has 4 rings (SSSR count). The fraction of sp³-hybridized carbons (Fsp3) is 0.515. The van der Waals surface area contributed by atoms with Crippen LogP contribution in [0.5, 0.6) is 0 Å². The average molecular weight is 642 g/mol. The lowest BCUT2D eigenvalue weighted by Crippen LogP contribution is -2.41. The van der Waals surface area contributed by atoms with Crippen LogP contribution in [-0.4, -0.2) is 84.6 Å². The number of hydrogen-bond donors (Lipinski definition) is 2. The standard InChI is InChI=1S/C33H45ClFN7O3/c1-23-20-25(32(43)41-15-7-16-42(19-18-41)33(44)26-11-12-37-22-26)9-10-27(21-23)39-30-31(36-3)40(17-13-38-30)14-6-5-8-28(45-4)29(35)24(2)34/h5,8-10,13,17,21,23,25-26,37H,2,6-7,11-12,14-16,18-20,22H2,1,3-4H3,(H,38,39)/b8-5-,29-28-,36-31?/t23?,25?,26-/m0/s1. The molecule has 45 heavy (non-hydrogen) atoms. The minimum absolute atomic E-state index is 0.0143. The third-order valence-corrected chi connectivity index (χ3v) is 8.50. The number of ether oxygens (including phenoxy) is 1. The van der Waals surface area contributed by atoms with Gasteiger partial charge in [-0.25, -0.2) is 9.37 Å². The van der Waals surface area contributed by atoms with Crippen molar-refractivity contribution in [3.63, 3.8) is 0 Å². The van der Waals surface area contributed by atoms with Crippen LogP contribution in [0.1, 0.15) is 32.6 Å². The Hall–Kier alpha value is -3.70. The molecule has 2 unspecified atom stereocenters. The summed E-state index contributed by atoms with van der Waals surface area (Å²) in [6, 6.07) is 0. The molecule has 2 amide bonds. The first-order valence-electron chi connectivity index (χ1n) is 15.6. The quantitative estimate of drug-likeness (QED) is 0.294. The Kier molecular flexibility index (Phi) is 12.6. The van der Waals surface area contributed by atoms with Gasteiger partial charge in [-0.05, 0) is 50.3 Å². The van der Waals surface area contributed by atoms with Gasteiger partial charge >= 0.3 is 0 Å². The SMILES string of the molecule is C=C(Cl)/C(F)=C(\C=C/CCn1ccnc(NC2=CC(C)CC(C(=O)N3CCCN(C(=O)[C@H]4CCNC4)CC3)C=C2)c1=NC)OC. The van der Waals surface area contributed by atoms with E-state index >= 15 is 0 Å². The summed E-state index contributed by atoms with van der Waals surface area (Å²) in [7, 11) is 3.08. The van der Waals surface area contributed by atoms with Crippen molar-refractivity contribution in [2.75, 3.05) is 58.7 Å². The van der Waals surface area contributed by atoms with Crippen molar-refractivity contribution in [2.45, 2.75) is 39.2 Å². The number of aromatic nitrogens is 2. The Morgan fingerprint density at radius 1 is 1.27 bits per heavy atom. The summed E-state index contributed by atoms with van der Waals surface area (Å²) in [6.07, 6.45) is 15.8. The maximum Gasteiger partial charge on any atom is 0.229 e. The summed E-state index contributed by atoms with van der Waals surface area (Å²) >= 11 is 5.65. The van der Waals surface area contributed by atoms with Gasteiger partial charge in [0.05, 0.1) is 24.0 Å². The van der Waals surface area contributed by atoms with Crippen LogP contribution in [-0.2, 0) is 20.9 Å². The zero-order valence-corrected chi connectivity index (χ0v) is 27.2. The van der Waals surface area contributed by atoms with Crippen molar-refractivity contribution >= 4 is 29.2 Å². The molecular weight excluding hydrogens is 597 g/mol. The molecule has 244 valence electrons. The highest BCUT2D eigenvalue weighted by atomic mass is 35.5. The predicted octanol–water partition coefficient (Wildman–Crippen LogP) is 4.12. The number of aryl methyl sites for hydroxylation is 1. The second kappa shape index (κ2) is 16.6. The Labute approximate surface area is 270 Å². The number of carbonyl (C=O) groups excluding carboxylic acids is 2. The van der Waals surface area contributed by atoms with Crippen LogP contribution in [0.2, 0.25) is 0 Å². The van der Waals surface area contributed by atoms with E-state index in [1.807, 2.05) is 32.7 Å². The van der Waals surface area contributed by atoms with Crippen LogP contribution in [0.3, 0.4) is 0 Å². The van der Waals surface area contributed by atoms with Crippen LogP contribution in [0.25, 0.3) is 0 Å². The minimum atomic E-state index is -0.701. The second-order valence-corrected chi connectivity index (χ2v) is 12.1. The Bertz CT molecular complexity index is 1430. The number of nitrogens with zero attached hydrogens (tertiary/aromatic N) is 5. The first-order valence-corrected chi connectivity index (χ1v) is 16.0. The monoisotopic (exact) mass is 641 g/mol. The minimum Gasteiger partial charge on any atom is -0.494 e. The Morgan fingerprint density at radius 2 is 2.02 bits per heavy atom. The van der Waals surface area contributed by atoms with Gasteiger partial charge < -0.3 is 29.7 Å². The fourth-order valence-corrected chi connectivity index (χ4v) is 6.07. The van der Waals surface area contributed by atoms with E-state index in [2.05, 4.69) is 40.2 Å². The zero-order chi connectivity index (χ0) is 32.3. The highest BCUT2D eigenvalue weighted by Crippen LogP contribution is 2.25. The van der Waals surface area contributed by atoms with E-state index in [4.69, 9.17) is 16.3 Å². The highest BCUT2D eigenvalue weighted by molar-refractivity contribution is 6.31. The van der Waals surface area contributed by atoms with E-state index in [0.717, 1.165) is 31.6 Å². The lowest BCUT2D eigenvalue weighted by molar-refractivity contribution is -0.137. The van der Waals surface area contributed by atoms with Crippen molar-refractivity contribution in [3.8, 4) is 0 Å². The van der Waals surface area contributed by atoms with Crippen molar-refractivity contribution in [3.05, 3.63) is 77.2 Å². The molecule has 2 aliphatic heterocycles. The lowest BCUT2D eigenvalue weighted by Gasteiger charge is -2.26. The van der Waals surface area contributed by atoms with E-state index in [0.29, 0.717) is 56.9 Å². The third-order valence-electron chi connectivity index (χ3n) is 8.33. The van der Waals surface area contributed by atoms with Crippen LogP contribution in [0, 0.1) is 17.8 Å². The molecule has 1 aliphatic carbocycles. The van der Waals surface area contributed by atoms with Gasteiger partial charge in [0.15, 0.2) is 22.9 Å². The molecule has 2 fully saturated rings. The van der Waals surface area contributed by atoms with Crippen molar-refractivity contribution in [1.82, 2.24) is 24.7 Å². The molecule has 3 aliphatic rings. The van der Waals surface area contributed by atoms with Crippen molar-refractivity contribution < 1.29 is 18.7 Å². The summed E-state index contributed by atoms with van der Waals surface area (Å²) in [5.41, 5.74) is 1.50. The molecule has 0 saturated carbocycles. The summed E-state index contributed by atoms with van der Waals surface area (Å²) in [6.45, 7) is 10.2.